The largest absolute Gasteiger partial charge is 0.544 e. The van der Waals surface area contributed by atoms with E-state index in [1.165, 1.54) is 18.6 Å². The van der Waals surface area contributed by atoms with Crippen LogP contribution < -0.4 is 0 Å². The number of hydrogen-bond acceptors (Lipinski definition) is 2. The molecular formula is C27H54O2Si2. The Morgan fingerprint density at radius 3 is 1.74 bits per heavy atom. The van der Waals surface area contributed by atoms with E-state index in [-0.39, 0.29) is 16.2 Å². The van der Waals surface area contributed by atoms with Gasteiger partial charge in [0.2, 0.25) is 8.32 Å². The molecule has 1 aliphatic heterocycles. The van der Waals surface area contributed by atoms with E-state index in [0.29, 0.717) is 16.6 Å². The van der Waals surface area contributed by atoms with Crippen LogP contribution in [0.15, 0.2) is 23.6 Å². The van der Waals surface area contributed by atoms with Gasteiger partial charge in [0.1, 0.15) is 11.9 Å². The fraction of sp³-hybridized carbons (Fsp3) is 0.852. The predicted octanol–water partition coefficient (Wildman–Crippen LogP) is 9.68. The molecular weight excluding hydrogens is 412 g/mol. The third-order valence-electron chi connectivity index (χ3n) is 7.60. The maximum absolute atomic E-state index is 7.48. The summed E-state index contributed by atoms with van der Waals surface area (Å²) in [5.41, 5.74) is 1.66. The standard InChI is InChI=1S/C27H54O2Si2/c1-15-17-19-24-25(29-30(20(3)4,21(5)6)22(7)8)23(18-16-2)28-31(24,26(9,10)11)27(12,13)14/h16,20-23H,2,15,17-19H2,1,3-14H3. The van der Waals surface area contributed by atoms with E-state index in [2.05, 4.69) is 96.6 Å². The lowest BCUT2D eigenvalue weighted by Crippen LogP contribution is -2.55. The molecule has 0 fully saturated rings. The van der Waals surface area contributed by atoms with Gasteiger partial charge in [-0.3, -0.25) is 0 Å². The van der Waals surface area contributed by atoms with Gasteiger partial charge in [0.05, 0.1) is 0 Å². The van der Waals surface area contributed by atoms with Crippen LogP contribution in [0.4, 0.5) is 0 Å². The van der Waals surface area contributed by atoms with Crippen LogP contribution in [0.25, 0.3) is 0 Å². The zero-order chi connectivity index (χ0) is 24.4. The number of rotatable bonds is 10. The average molecular weight is 467 g/mol. The minimum atomic E-state index is -2.34. The Bertz CT molecular complexity index is 597. The maximum atomic E-state index is 7.48. The lowest BCUT2D eigenvalue weighted by Gasteiger charge is -2.49. The van der Waals surface area contributed by atoms with Gasteiger partial charge in [0.25, 0.3) is 8.32 Å². The molecule has 1 heterocycles. The van der Waals surface area contributed by atoms with E-state index in [1.54, 1.807) is 5.20 Å². The Morgan fingerprint density at radius 1 is 0.968 bits per heavy atom. The van der Waals surface area contributed by atoms with Crippen LogP contribution in [-0.4, -0.2) is 22.7 Å². The summed E-state index contributed by atoms with van der Waals surface area (Å²) in [6.07, 6.45) is 6.40. The van der Waals surface area contributed by atoms with E-state index in [1.807, 2.05) is 6.08 Å². The van der Waals surface area contributed by atoms with Gasteiger partial charge in [0.15, 0.2) is 0 Å². The fourth-order valence-corrected chi connectivity index (χ4v) is 18.8. The summed E-state index contributed by atoms with van der Waals surface area (Å²) in [5.74, 6) is 1.23. The van der Waals surface area contributed by atoms with Crippen molar-refractivity contribution in [2.75, 3.05) is 0 Å². The molecule has 31 heavy (non-hydrogen) atoms. The molecule has 0 saturated heterocycles. The summed E-state index contributed by atoms with van der Waals surface area (Å²) in [4.78, 5) is 0. The van der Waals surface area contributed by atoms with E-state index in [9.17, 15) is 0 Å². The van der Waals surface area contributed by atoms with E-state index >= 15 is 0 Å². The average Bonchev–Trinajstić information content (AvgIpc) is 2.91. The van der Waals surface area contributed by atoms with Gasteiger partial charge in [-0.2, -0.15) is 0 Å². The highest BCUT2D eigenvalue weighted by Gasteiger charge is 2.64. The zero-order valence-corrected chi connectivity index (χ0v) is 25.2. The number of unbranched alkanes of at least 4 members (excludes halogenated alkanes) is 1. The van der Waals surface area contributed by atoms with Gasteiger partial charge < -0.3 is 8.85 Å². The van der Waals surface area contributed by atoms with Gasteiger partial charge >= 0.3 is 0 Å². The van der Waals surface area contributed by atoms with Crippen LogP contribution >= 0.6 is 0 Å². The fourth-order valence-electron chi connectivity index (χ4n) is 6.72. The Hall–Kier alpha value is -0.326. The summed E-state index contributed by atoms with van der Waals surface area (Å²) in [7, 11) is -4.42. The van der Waals surface area contributed by atoms with Gasteiger partial charge in [-0.05, 0) is 51.2 Å². The van der Waals surface area contributed by atoms with Crippen LogP contribution in [0.1, 0.15) is 116 Å². The van der Waals surface area contributed by atoms with Crippen LogP contribution in [0, 0.1) is 0 Å². The van der Waals surface area contributed by atoms with E-state index in [4.69, 9.17) is 8.85 Å². The number of hydrogen-bond donors (Lipinski definition) is 0. The van der Waals surface area contributed by atoms with Gasteiger partial charge in [-0.1, -0.05) is 103 Å². The number of allylic oxidation sites excluding steroid dienone is 1. The Balaban J connectivity index is 3.93. The molecule has 0 aromatic rings. The molecule has 0 aromatic heterocycles. The normalized spacial score (nSPS) is 20.3. The second-order valence-corrected chi connectivity index (χ2v) is 23.3. The molecule has 182 valence electrons. The van der Waals surface area contributed by atoms with E-state index in [0.717, 1.165) is 12.8 Å². The predicted molar refractivity (Wildman–Crippen MR) is 144 cm³/mol. The summed E-state index contributed by atoms with van der Waals surface area (Å²) in [6.45, 7) is 35.1. The summed E-state index contributed by atoms with van der Waals surface area (Å²) < 4.78 is 14.8. The van der Waals surface area contributed by atoms with Crippen LogP contribution in [-0.2, 0) is 8.85 Å². The first-order valence-electron chi connectivity index (χ1n) is 12.8. The second kappa shape index (κ2) is 10.3. The molecule has 1 rings (SSSR count). The maximum Gasteiger partial charge on any atom is 0.258 e. The molecule has 0 amide bonds. The third-order valence-corrected chi connectivity index (χ3v) is 19.8. The Morgan fingerprint density at radius 2 is 1.42 bits per heavy atom. The van der Waals surface area contributed by atoms with E-state index < -0.39 is 16.6 Å². The van der Waals surface area contributed by atoms with Crippen molar-refractivity contribution in [3.05, 3.63) is 23.6 Å². The zero-order valence-electron chi connectivity index (χ0n) is 23.2. The van der Waals surface area contributed by atoms with Crippen LogP contribution in [0.3, 0.4) is 0 Å². The third kappa shape index (κ3) is 5.11. The molecule has 0 spiro atoms. The van der Waals surface area contributed by atoms with Crippen molar-refractivity contribution in [3.8, 4) is 0 Å². The van der Waals surface area contributed by atoms with Crippen molar-refractivity contribution in [2.45, 2.75) is 148 Å². The topological polar surface area (TPSA) is 18.5 Å². The summed E-state index contributed by atoms with van der Waals surface area (Å²) in [6, 6.07) is 0. The molecule has 0 aromatic carbocycles. The van der Waals surface area contributed by atoms with Crippen molar-refractivity contribution in [3.63, 3.8) is 0 Å². The minimum absolute atomic E-state index is 0.0256. The minimum Gasteiger partial charge on any atom is -0.544 e. The monoisotopic (exact) mass is 466 g/mol. The molecule has 0 saturated carbocycles. The SMILES string of the molecule is C=CCC1O[Si](C(C)(C)C)(C(C)(C)C)C(CCCC)=C1O[Si](C(C)C)(C(C)C)C(C)C. The lowest BCUT2D eigenvalue weighted by molar-refractivity contribution is 0.171. The van der Waals surface area contributed by atoms with Crippen LogP contribution in [0.5, 0.6) is 0 Å². The molecule has 0 N–H and O–H groups in total. The molecule has 2 nitrogen and oxygen atoms in total. The first kappa shape index (κ1) is 28.7. The van der Waals surface area contributed by atoms with Crippen molar-refractivity contribution in [1.29, 1.82) is 0 Å². The first-order chi connectivity index (χ1) is 14.0. The molecule has 0 aliphatic carbocycles. The van der Waals surface area contributed by atoms with Crippen molar-refractivity contribution in [1.82, 2.24) is 0 Å². The Labute approximate surface area is 197 Å². The molecule has 4 heteroatoms. The molecule has 0 radical (unpaired) electrons. The molecule has 1 aliphatic rings. The van der Waals surface area contributed by atoms with Gasteiger partial charge in [0, 0.05) is 0 Å². The van der Waals surface area contributed by atoms with Crippen molar-refractivity contribution < 1.29 is 8.85 Å². The second-order valence-electron chi connectivity index (χ2n) is 12.7. The quantitative estimate of drug-likeness (QED) is 0.235. The summed E-state index contributed by atoms with van der Waals surface area (Å²) in [5, 5.41) is 1.76. The molecule has 1 unspecified atom stereocenters. The van der Waals surface area contributed by atoms with Gasteiger partial charge in [-0.15, -0.1) is 6.58 Å². The Kier molecular flexibility index (Phi) is 9.54. The lowest BCUT2D eigenvalue weighted by atomic mass is 10.1. The highest BCUT2D eigenvalue weighted by Crippen LogP contribution is 2.61. The first-order valence-corrected chi connectivity index (χ1v) is 16.8. The van der Waals surface area contributed by atoms with Crippen molar-refractivity contribution >= 4 is 16.6 Å². The van der Waals surface area contributed by atoms with Gasteiger partial charge in [-0.25, -0.2) is 0 Å². The molecule has 0 bridgehead atoms. The van der Waals surface area contributed by atoms with Crippen LogP contribution in [0.2, 0.25) is 26.7 Å². The smallest absolute Gasteiger partial charge is 0.258 e. The highest BCUT2D eigenvalue weighted by atomic mass is 28.4. The van der Waals surface area contributed by atoms with Crippen molar-refractivity contribution in [2.24, 2.45) is 0 Å². The molecule has 1 atom stereocenters. The summed E-state index contributed by atoms with van der Waals surface area (Å²) >= 11 is 0. The highest BCUT2D eigenvalue weighted by molar-refractivity contribution is 6.87.